The van der Waals surface area contributed by atoms with Crippen LogP contribution in [-0.2, 0) is 4.74 Å². The molecule has 76 valence electrons. The number of ether oxygens (including phenoxy) is 1. The van der Waals surface area contributed by atoms with Crippen molar-refractivity contribution < 1.29 is 13.9 Å². The first kappa shape index (κ1) is 9.21. The van der Waals surface area contributed by atoms with Crippen LogP contribution in [-0.4, -0.2) is 31.2 Å². The number of nitrogens with one attached hydrogen (secondary N) is 1. The predicted molar refractivity (Wildman–Crippen MR) is 48.2 cm³/mol. The van der Waals surface area contributed by atoms with E-state index in [1.54, 1.807) is 6.92 Å². The Labute approximate surface area is 81.5 Å². The van der Waals surface area contributed by atoms with E-state index in [-0.39, 0.29) is 5.69 Å². The van der Waals surface area contributed by atoms with Gasteiger partial charge in [0.1, 0.15) is 5.76 Å². The Kier molecular flexibility index (Phi) is 2.25. The van der Waals surface area contributed by atoms with E-state index in [1.807, 2.05) is 0 Å². The molecule has 1 aromatic heterocycles. The summed E-state index contributed by atoms with van der Waals surface area (Å²) in [7, 11) is 1.33. The van der Waals surface area contributed by atoms with Crippen LogP contribution in [0, 0.1) is 6.92 Å². The monoisotopic (exact) mass is 196 g/mol. The maximum atomic E-state index is 11.2. The van der Waals surface area contributed by atoms with Gasteiger partial charge in [0.25, 0.3) is 0 Å². The van der Waals surface area contributed by atoms with Gasteiger partial charge in [0.05, 0.1) is 13.0 Å². The molecule has 0 atom stereocenters. The fraction of sp³-hybridized carbons (Fsp3) is 0.556. The van der Waals surface area contributed by atoms with Gasteiger partial charge in [-0.05, 0) is 6.92 Å². The zero-order chi connectivity index (χ0) is 10.1. The molecule has 0 aliphatic carbocycles. The van der Waals surface area contributed by atoms with Crippen molar-refractivity contribution in [1.29, 1.82) is 0 Å². The summed E-state index contributed by atoms with van der Waals surface area (Å²) < 4.78 is 9.97. The molecule has 14 heavy (non-hydrogen) atoms. The predicted octanol–water partition coefficient (Wildman–Crippen LogP) is 0.456. The van der Waals surface area contributed by atoms with Gasteiger partial charge < -0.3 is 14.5 Å². The molecule has 0 spiro atoms. The Balaban J connectivity index is 2.24. The summed E-state index contributed by atoms with van der Waals surface area (Å²) in [5, 5.41) is 3.12. The van der Waals surface area contributed by atoms with Crippen LogP contribution in [0.1, 0.15) is 28.1 Å². The van der Waals surface area contributed by atoms with Crippen LogP contribution in [0.2, 0.25) is 0 Å². The van der Waals surface area contributed by atoms with E-state index in [4.69, 9.17) is 4.42 Å². The minimum atomic E-state index is -0.440. The molecule has 0 amide bonds. The molecule has 1 fully saturated rings. The molecule has 5 heteroatoms. The average Bonchev–Trinajstić information content (AvgIpc) is 2.43. The fourth-order valence-electron chi connectivity index (χ4n) is 1.34. The topological polar surface area (TPSA) is 64.4 Å². The molecule has 0 aromatic carbocycles. The zero-order valence-electron chi connectivity index (χ0n) is 8.16. The highest BCUT2D eigenvalue weighted by Gasteiger charge is 2.27. The lowest BCUT2D eigenvalue weighted by atomic mass is 10.0. The maximum absolute atomic E-state index is 11.2. The smallest absolute Gasteiger partial charge is 0.360 e. The van der Waals surface area contributed by atoms with Gasteiger partial charge in [-0.2, -0.15) is 0 Å². The van der Waals surface area contributed by atoms with Crippen LogP contribution in [0.3, 0.4) is 0 Å². The maximum Gasteiger partial charge on any atom is 0.360 e. The number of methoxy groups -OCH3 is 1. The Hall–Kier alpha value is -1.36. The normalized spacial score (nSPS) is 16.4. The van der Waals surface area contributed by atoms with Crippen molar-refractivity contribution in [3.8, 4) is 0 Å². The summed E-state index contributed by atoms with van der Waals surface area (Å²) in [6.07, 6.45) is 0. The molecule has 0 radical (unpaired) electrons. The van der Waals surface area contributed by atoms with Gasteiger partial charge >= 0.3 is 5.97 Å². The highest BCUT2D eigenvalue weighted by Crippen LogP contribution is 2.21. The third-order valence-electron chi connectivity index (χ3n) is 2.32. The Morgan fingerprint density at radius 1 is 1.64 bits per heavy atom. The molecular weight excluding hydrogens is 184 g/mol. The lowest BCUT2D eigenvalue weighted by Gasteiger charge is -2.23. The number of hydrogen-bond acceptors (Lipinski definition) is 5. The van der Waals surface area contributed by atoms with Gasteiger partial charge in [0, 0.05) is 13.1 Å². The molecule has 1 aliphatic heterocycles. The van der Waals surface area contributed by atoms with Crippen molar-refractivity contribution in [2.45, 2.75) is 12.8 Å². The van der Waals surface area contributed by atoms with Gasteiger partial charge in [-0.15, -0.1) is 0 Å². The molecule has 0 bridgehead atoms. The standard InChI is InChI=1S/C9H12N2O3/c1-5-7(9(12)13-2)11-8(14-5)6-3-10-4-6/h6,10H,3-4H2,1-2H3. The van der Waals surface area contributed by atoms with Crippen molar-refractivity contribution in [2.24, 2.45) is 0 Å². The summed E-state index contributed by atoms with van der Waals surface area (Å²) in [4.78, 5) is 15.3. The van der Waals surface area contributed by atoms with E-state index >= 15 is 0 Å². The van der Waals surface area contributed by atoms with Crippen LogP contribution >= 0.6 is 0 Å². The molecule has 5 nitrogen and oxygen atoms in total. The second-order valence-corrected chi connectivity index (χ2v) is 3.30. The van der Waals surface area contributed by atoms with E-state index in [2.05, 4.69) is 15.0 Å². The number of oxazole rings is 1. The number of carbonyl (C=O) groups excluding carboxylic acids is 1. The minimum absolute atomic E-state index is 0.286. The van der Waals surface area contributed by atoms with Crippen LogP contribution in [0.25, 0.3) is 0 Å². The first-order valence-electron chi connectivity index (χ1n) is 4.48. The zero-order valence-corrected chi connectivity index (χ0v) is 8.16. The van der Waals surface area contributed by atoms with Gasteiger partial charge in [-0.25, -0.2) is 9.78 Å². The van der Waals surface area contributed by atoms with Gasteiger partial charge in [0.2, 0.25) is 5.89 Å². The van der Waals surface area contributed by atoms with E-state index in [1.165, 1.54) is 7.11 Å². The van der Waals surface area contributed by atoms with Crippen molar-refractivity contribution in [3.05, 3.63) is 17.3 Å². The summed E-state index contributed by atoms with van der Waals surface area (Å²) in [5.74, 6) is 1.01. The molecule has 1 N–H and O–H groups in total. The Morgan fingerprint density at radius 3 is 2.86 bits per heavy atom. The van der Waals surface area contributed by atoms with Crippen LogP contribution in [0.15, 0.2) is 4.42 Å². The van der Waals surface area contributed by atoms with Gasteiger partial charge in [-0.3, -0.25) is 0 Å². The molecule has 0 unspecified atom stereocenters. The van der Waals surface area contributed by atoms with Crippen molar-refractivity contribution in [3.63, 3.8) is 0 Å². The number of hydrogen-bond donors (Lipinski definition) is 1. The quantitative estimate of drug-likeness (QED) is 0.696. The molecule has 2 heterocycles. The van der Waals surface area contributed by atoms with Crippen molar-refractivity contribution >= 4 is 5.97 Å². The van der Waals surface area contributed by atoms with E-state index in [0.717, 1.165) is 13.1 Å². The number of aromatic nitrogens is 1. The van der Waals surface area contributed by atoms with Gasteiger partial charge in [-0.1, -0.05) is 0 Å². The van der Waals surface area contributed by atoms with E-state index in [0.29, 0.717) is 17.6 Å². The molecule has 1 aliphatic rings. The largest absolute Gasteiger partial charge is 0.464 e. The van der Waals surface area contributed by atoms with Gasteiger partial charge in [0.15, 0.2) is 5.69 Å². The molecule has 0 saturated carbocycles. The second-order valence-electron chi connectivity index (χ2n) is 3.30. The van der Waals surface area contributed by atoms with Crippen LogP contribution < -0.4 is 5.32 Å². The highest BCUT2D eigenvalue weighted by atomic mass is 16.5. The van der Waals surface area contributed by atoms with Crippen molar-refractivity contribution in [1.82, 2.24) is 10.3 Å². The van der Waals surface area contributed by atoms with E-state index < -0.39 is 5.97 Å². The molecule has 1 aromatic rings. The first-order valence-corrected chi connectivity index (χ1v) is 4.48. The number of rotatable bonds is 2. The van der Waals surface area contributed by atoms with Crippen LogP contribution in [0.4, 0.5) is 0 Å². The first-order chi connectivity index (χ1) is 6.72. The highest BCUT2D eigenvalue weighted by molar-refractivity contribution is 5.88. The molecule has 1 saturated heterocycles. The van der Waals surface area contributed by atoms with Crippen molar-refractivity contribution in [2.75, 3.05) is 20.2 Å². The third kappa shape index (κ3) is 1.39. The molecular formula is C9H12N2O3. The lowest BCUT2D eigenvalue weighted by molar-refractivity contribution is 0.0593. The summed E-state index contributed by atoms with van der Waals surface area (Å²) in [6, 6.07) is 0. The SMILES string of the molecule is COC(=O)c1nc(C2CNC2)oc1C. The number of nitrogens with zero attached hydrogens (tertiary/aromatic N) is 1. The second kappa shape index (κ2) is 3.42. The minimum Gasteiger partial charge on any atom is -0.464 e. The molecule has 2 rings (SSSR count). The van der Waals surface area contributed by atoms with E-state index in [9.17, 15) is 4.79 Å². The number of aryl methyl sites for hydroxylation is 1. The Bertz CT molecular complexity index is 355. The third-order valence-corrected chi connectivity index (χ3v) is 2.32. The average molecular weight is 196 g/mol. The fourth-order valence-corrected chi connectivity index (χ4v) is 1.34. The lowest BCUT2D eigenvalue weighted by Crippen LogP contribution is -2.40. The van der Waals surface area contributed by atoms with Crippen LogP contribution in [0.5, 0.6) is 0 Å². The summed E-state index contributed by atoms with van der Waals surface area (Å²) in [5.41, 5.74) is 0.286. The Morgan fingerprint density at radius 2 is 2.36 bits per heavy atom. The number of esters is 1. The summed E-state index contributed by atoms with van der Waals surface area (Å²) in [6.45, 7) is 3.44. The number of carbonyl (C=O) groups is 1. The summed E-state index contributed by atoms with van der Waals surface area (Å²) >= 11 is 0.